The van der Waals surface area contributed by atoms with Crippen LogP contribution >= 0.6 is 11.8 Å². The molecule has 184 valence electrons. The van der Waals surface area contributed by atoms with Gasteiger partial charge in [-0.15, -0.1) is 0 Å². The molecule has 1 atom stereocenters. The number of nitrogens with zero attached hydrogens (tertiary/aromatic N) is 2. The van der Waals surface area contributed by atoms with Gasteiger partial charge in [-0.2, -0.15) is 0 Å². The zero-order valence-electron chi connectivity index (χ0n) is 19.7. The summed E-state index contributed by atoms with van der Waals surface area (Å²) in [5, 5.41) is 3.83. The first-order chi connectivity index (χ1) is 17.6. The number of carbonyl (C=O) groups is 1. The quantitative estimate of drug-likeness (QED) is 0.282. The fourth-order valence-electron chi connectivity index (χ4n) is 3.90. The van der Waals surface area contributed by atoms with Crippen molar-refractivity contribution in [3.05, 3.63) is 83.2 Å². The molecule has 0 unspecified atom stereocenters. The Balaban J connectivity index is 1.34. The molecule has 1 amide bonds. The number of para-hydroxylation sites is 3. The number of carbonyl (C=O) groups excluding carboxylic acids is 1. The van der Waals surface area contributed by atoms with Crippen LogP contribution < -0.4 is 25.1 Å². The first kappa shape index (κ1) is 23.7. The third kappa shape index (κ3) is 5.31. The lowest BCUT2D eigenvalue weighted by molar-refractivity contribution is -0.113. The molecule has 3 aromatic carbocycles. The summed E-state index contributed by atoms with van der Waals surface area (Å²) in [6.07, 6.45) is -0.377. The van der Waals surface area contributed by atoms with Crippen molar-refractivity contribution in [2.45, 2.75) is 24.7 Å². The minimum absolute atomic E-state index is 0.0862. The van der Waals surface area contributed by atoms with Crippen LogP contribution in [-0.4, -0.2) is 40.5 Å². The number of amides is 1. The monoisotopic (exact) mass is 503 g/mol. The minimum Gasteiger partial charge on any atom is -0.494 e. The summed E-state index contributed by atoms with van der Waals surface area (Å²) in [7, 11) is 0. The average Bonchev–Trinajstić information content (AvgIpc) is 2.90. The molecular formula is C27H25N3O5S. The van der Waals surface area contributed by atoms with Gasteiger partial charge in [0.1, 0.15) is 12.4 Å². The minimum atomic E-state index is -0.377. The second-order valence-electron chi connectivity index (χ2n) is 8.12. The number of fused-ring (bicyclic) bond motifs is 2. The van der Waals surface area contributed by atoms with Gasteiger partial charge in [-0.1, -0.05) is 36.0 Å². The van der Waals surface area contributed by atoms with E-state index in [1.165, 1.54) is 11.8 Å². The van der Waals surface area contributed by atoms with E-state index >= 15 is 0 Å². The van der Waals surface area contributed by atoms with E-state index in [2.05, 4.69) is 10.3 Å². The zero-order valence-corrected chi connectivity index (χ0v) is 20.5. The SMILES string of the molecule is CCOc1ccc(NC(=O)CSc2nc3ccccc3c(=O)n2C[C@@H]2COc3ccccc3O2)cc1. The molecule has 36 heavy (non-hydrogen) atoms. The largest absolute Gasteiger partial charge is 0.494 e. The molecule has 9 heteroatoms. The van der Waals surface area contributed by atoms with Gasteiger partial charge in [0.2, 0.25) is 5.91 Å². The van der Waals surface area contributed by atoms with Gasteiger partial charge in [-0.3, -0.25) is 14.2 Å². The molecule has 4 aromatic rings. The molecular weight excluding hydrogens is 478 g/mol. The molecule has 1 aliphatic rings. The van der Waals surface area contributed by atoms with Gasteiger partial charge in [-0.25, -0.2) is 4.98 Å². The van der Waals surface area contributed by atoms with Crippen LogP contribution in [0.3, 0.4) is 0 Å². The third-order valence-corrected chi connectivity index (χ3v) is 6.54. The fraction of sp³-hybridized carbons (Fsp3) is 0.222. The van der Waals surface area contributed by atoms with E-state index in [0.717, 1.165) is 5.75 Å². The van der Waals surface area contributed by atoms with Crippen LogP contribution in [0.5, 0.6) is 17.2 Å². The number of anilines is 1. The molecule has 0 fully saturated rings. The standard InChI is InChI=1S/C27H25N3O5S/c1-2-33-19-13-11-18(12-14-19)28-25(31)17-36-27-29-22-8-4-3-7-21(22)26(32)30(27)15-20-16-34-23-9-5-6-10-24(23)35-20/h3-14,20H,2,15-17H2,1H3,(H,28,31)/t20-/m1/s1. The Kier molecular flexibility index (Phi) is 7.08. The van der Waals surface area contributed by atoms with Crippen LogP contribution in [0.15, 0.2) is 82.7 Å². The van der Waals surface area contributed by atoms with E-state index in [4.69, 9.17) is 14.2 Å². The van der Waals surface area contributed by atoms with Crippen molar-refractivity contribution in [3.8, 4) is 17.2 Å². The second-order valence-corrected chi connectivity index (χ2v) is 9.06. The molecule has 1 aromatic heterocycles. The molecule has 8 nitrogen and oxygen atoms in total. The Labute approximate surface area is 212 Å². The Hall–Kier alpha value is -3.98. The van der Waals surface area contributed by atoms with Crippen molar-refractivity contribution in [1.82, 2.24) is 9.55 Å². The lowest BCUT2D eigenvalue weighted by Crippen LogP contribution is -2.37. The summed E-state index contributed by atoms with van der Waals surface area (Å²) in [4.78, 5) is 30.7. The number of aromatic nitrogens is 2. The van der Waals surface area contributed by atoms with Gasteiger partial charge in [0.05, 0.1) is 29.8 Å². The van der Waals surface area contributed by atoms with Crippen molar-refractivity contribution in [2.75, 3.05) is 24.3 Å². The highest BCUT2D eigenvalue weighted by atomic mass is 32.2. The highest BCUT2D eigenvalue weighted by molar-refractivity contribution is 7.99. The number of benzene rings is 3. The number of ether oxygens (including phenoxy) is 3. The molecule has 0 bridgehead atoms. The number of thioether (sulfide) groups is 1. The molecule has 2 heterocycles. The van der Waals surface area contributed by atoms with E-state index in [1.807, 2.05) is 43.3 Å². The Morgan fingerprint density at radius 2 is 1.83 bits per heavy atom. The van der Waals surface area contributed by atoms with Crippen LogP contribution in [0.25, 0.3) is 10.9 Å². The van der Waals surface area contributed by atoms with E-state index in [-0.39, 0.29) is 29.9 Å². The Morgan fingerprint density at radius 3 is 2.64 bits per heavy atom. The van der Waals surface area contributed by atoms with Crippen molar-refractivity contribution in [2.24, 2.45) is 0 Å². The molecule has 0 saturated heterocycles. The average molecular weight is 504 g/mol. The summed E-state index contributed by atoms with van der Waals surface area (Å²) < 4.78 is 18.9. The summed E-state index contributed by atoms with van der Waals surface area (Å²) in [6, 6.07) is 21.8. The van der Waals surface area contributed by atoms with Crippen molar-refractivity contribution in [3.63, 3.8) is 0 Å². The van der Waals surface area contributed by atoms with Crippen LogP contribution in [0, 0.1) is 0 Å². The van der Waals surface area contributed by atoms with Gasteiger partial charge >= 0.3 is 0 Å². The highest BCUT2D eigenvalue weighted by Gasteiger charge is 2.24. The van der Waals surface area contributed by atoms with Crippen LogP contribution in [0.4, 0.5) is 5.69 Å². The first-order valence-electron chi connectivity index (χ1n) is 11.6. The lowest BCUT2D eigenvalue weighted by Gasteiger charge is -2.27. The number of nitrogens with one attached hydrogen (secondary N) is 1. The van der Waals surface area contributed by atoms with Gasteiger partial charge in [0.15, 0.2) is 22.8 Å². The van der Waals surface area contributed by atoms with Gasteiger partial charge < -0.3 is 19.5 Å². The lowest BCUT2D eigenvalue weighted by atomic mass is 10.2. The predicted molar refractivity (Wildman–Crippen MR) is 139 cm³/mol. The fourth-order valence-corrected chi connectivity index (χ4v) is 4.71. The van der Waals surface area contributed by atoms with Gasteiger partial charge in [0.25, 0.3) is 5.56 Å². The summed E-state index contributed by atoms with van der Waals surface area (Å²) >= 11 is 1.21. The first-order valence-corrected chi connectivity index (χ1v) is 12.6. The molecule has 0 aliphatic carbocycles. The van der Waals surface area contributed by atoms with E-state index in [9.17, 15) is 9.59 Å². The Bertz CT molecular complexity index is 1440. The van der Waals surface area contributed by atoms with Gasteiger partial charge in [0, 0.05) is 5.69 Å². The molecule has 0 radical (unpaired) electrons. The topological polar surface area (TPSA) is 91.7 Å². The Morgan fingerprint density at radius 1 is 1.08 bits per heavy atom. The van der Waals surface area contributed by atoms with Crippen molar-refractivity contribution in [1.29, 1.82) is 0 Å². The number of rotatable bonds is 8. The van der Waals surface area contributed by atoms with Crippen molar-refractivity contribution < 1.29 is 19.0 Å². The van der Waals surface area contributed by atoms with E-state index in [1.54, 1.807) is 41.0 Å². The van der Waals surface area contributed by atoms with E-state index in [0.29, 0.717) is 46.5 Å². The summed E-state index contributed by atoms with van der Waals surface area (Å²) in [5.74, 6) is 1.94. The maximum atomic E-state index is 13.4. The third-order valence-electron chi connectivity index (χ3n) is 5.56. The molecule has 1 aliphatic heterocycles. The maximum absolute atomic E-state index is 13.4. The summed E-state index contributed by atoms with van der Waals surface area (Å²) in [6.45, 7) is 3.04. The van der Waals surface area contributed by atoms with Crippen LogP contribution in [0.1, 0.15) is 6.92 Å². The zero-order chi connectivity index (χ0) is 24.9. The number of hydrogen-bond donors (Lipinski definition) is 1. The molecule has 0 saturated carbocycles. The van der Waals surface area contributed by atoms with E-state index < -0.39 is 0 Å². The normalized spacial score (nSPS) is 14.4. The second kappa shape index (κ2) is 10.7. The van der Waals surface area contributed by atoms with Crippen LogP contribution in [0.2, 0.25) is 0 Å². The number of hydrogen-bond acceptors (Lipinski definition) is 7. The molecule has 5 rings (SSSR count). The van der Waals surface area contributed by atoms with Crippen molar-refractivity contribution >= 4 is 34.3 Å². The molecule has 1 N–H and O–H groups in total. The summed E-state index contributed by atoms with van der Waals surface area (Å²) in [5.41, 5.74) is 1.07. The molecule has 0 spiro atoms. The predicted octanol–water partition coefficient (Wildman–Crippen LogP) is 4.37. The van der Waals surface area contributed by atoms with Gasteiger partial charge in [-0.05, 0) is 55.5 Å². The smallest absolute Gasteiger partial charge is 0.262 e. The maximum Gasteiger partial charge on any atom is 0.262 e. The van der Waals surface area contributed by atoms with Crippen LogP contribution in [-0.2, 0) is 11.3 Å². The highest BCUT2D eigenvalue weighted by Crippen LogP contribution is 2.31.